The lowest BCUT2D eigenvalue weighted by Gasteiger charge is -2.10. The zero-order chi connectivity index (χ0) is 14.9. The van der Waals surface area contributed by atoms with Crippen LogP contribution in [0.3, 0.4) is 0 Å². The van der Waals surface area contributed by atoms with E-state index in [0.29, 0.717) is 0 Å². The minimum atomic E-state index is 1.02. The molecule has 0 unspecified atom stereocenters. The number of hydrogen-bond donors (Lipinski definition) is 0. The Kier molecular flexibility index (Phi) is 3.08. The number of benzene rings is 1. The van der Waals surface area contributed by atoms with Gasteiger partial charge in [-0.2, -0.15) is 0 Å². The van der Waals surface area contributed by atoms with Gasteiger partial charge in [-0.15, -0.1) is 0 Å². The Morgan fingerprint density at radius 2 is 1.73 bits per heavy atom. The first-order valence-corrected chi connectivity index (χ1v) is 7.49. The first-order valence-electron chi connectivity index (χ1n) is 7.49. The SMILES string of the molecule is CC1=CCc2cc(-c3ncccc3-c3ccncc3)ccc21. The van der Waals surface area contributed by atoms with Crippen molar-refractivity contribution in [3.8, 4) is 22.4 Å². The molecule has 0 aliphatic heterocycles. The van der Waals surface area contributed by atoms with Crippen LogP contribution in [0.4, 0.5) is 0 Å². The fraction of sp³-hybridized carbons (Fsp3) is 0.100. The van der Waals surface area contributed by atoms with E-state index in [1.165, 1.54) is 22.3 Å². The predicted molar refractivity (Wildman–Crippen MR) is 90.3 cm³/mol. The summed E-state index contributed by atoms with van der Waals surface area (Å²) in [6.07, 6.45) is 8.81. The molecule has 1 aliphatic rings. The van der Waals surface area contributed by atoms with Gasteiger partial charge in [0.1, 0.15) is 0 Å². The number of fused-ring (bicyclic) bond motifs is 1. The molecule has 2 heterocycles. The number of hydrogen-bond acceptors (Lipinski definition) is 2. The van der Waals surface area contributed by atoms with E-state index in [1.807, 2.05) is 36.8 Å². The third kappa shape index (κ3) is 2.13. The molecule has 4 rings (SSSR count). The maximum absolute atomic E-state index is 4.63. The molecule has 2 nitrogen and oxygen atoms in total. The first-order chi connectivity index (χ1) is 10.8. The molecule has 0 atom stereocenters. The average molecular weight is 284 g/mol. The molecule has 0 radical (unpaired) electrons. The van der Waals surface area contributed by atoms with E-state index in [2.05, 4.69) is 47.2 Å². The summed E-state index contributed by atoms with van der Waals surface area (Å²) in [5.41, 5.74) is 8.62. The molecule has 0 saturated carbocycles. The van der Waals surface area contributed by atoms with Crippen LogP contribution >= 0.6 is 0 Å². The van der Waals surface area contributed by atoms with Gasteiger partial charge in [0.25, 0.3) is 0 Å². The first kappa shape index (κ1) is 13.0. The number of nitrogens with zero attached hydrogens (tertiary/aromatic N) is 2. The van der Waals surface area contributed by atoms with Crippen LogP contribution in [-0.2, 0) is 6.42 Å². The summed E-state index contributed by atoms with van der Waals surface area (Å²) >= 11 is 0. The second kappa shape index (κ2) is 5.23. The van der Waals surface area contributed by atoms with E-state index in [1.54, 1.807) is 0 Å². The lowest BCUT2D eigenvalue weighted by Crippen LogP contribution is -1.91. The monoisotopic (exact) mass is 284 g/mol. The Bertz CT molecular complexity index is 864. The highest BCUT2D eigenvalue weighted by Crippen LogP contribution is 2.34. The Hall–Kier alpha value is -2.74. The van der Waals surface area contributed by atoms with Gasteiger partial charge in [-0.1, -0.05) is 24.3 Å². The Labute approximate surface area is 130 Å². The molecular weight excluding hydrogens is 268 g/mol. The van der Waals surface area contributed by atoms with Crippen molar-refractivity contribution in [3.63, 3.8) is 0 Å². The van der Waals surface area contributed by atoms with E-state index in [4.69, 9.17) is 0 Å². The highest BCUT2D eigenvalue weighted by atomic mass is 14.7. The molecule has 0 N–H and O–H groups in total. The van der Waals surface area contributed by atoms with Gasteiger partial charge in [-0.3, -0.25) is 9.97 Å². The number of aromatic nitrogens is 2. The predicted octanol–water partition coefficient (Wildman–Crippen LogP) is 4.77. The van der Waals surface area contributed by atoms with Gasteiger partial charge < -0.3 is 0 Å². The second-order valence-corrected chi connectivity index (χ2v) is 5.60. The smallest absolute Gasteiger partial charge is 0.0780 e. The highest BCUT2D eigenvalue weighted by Gasteiger charge is 2.14. The molecule has 2 heteroatoms. The van der Waals surface area contributed by atoms with Crippen molar-refractivity contribution in [2.24, 2.45) is 0 Å². The van der Waals surface area contributed by atoms with Crippen LogP contribution in [-0.4, -0.2) is 9.97 Å². The maximum Gasteiger partial charge on any atom is 0.0780 e. The standard InChI is InChI=1S/C20H16N2/c1-14-4-5-16-13-17(6-7-18(14)16)20-19(3-2-10-22-20)15-8-11-21-12-9-15/h2-4,6-13H,5H2,1H3. The van der Waals surface area contributed by atoms with E-state index in [9.17, 15) is 0 Å². The van der Waals surface area contributed by atoms with Gasteiger partial charge in [0, 0.05) is 29.7 Å². The second-order valence-electron chi connectivity index (χ2n) is 5.60. The zero-order valence-electron chi connectivity index (χ0n) is 12.5. The summed E-state index contributed by atoms with van der Waals surface area (Å²) in [6, 6.07) is 14.8. The van der Waals surface area contributed by atoms with Gasteiger partial charge in [-0.25, -0.2) is 0 Å². The lowest BCUT2D eigenvalue weighted by molar-refractivity contribution is 1.28. The van der Waals surface area contributed by atoms with Crippen LogP contribution in [0.15, 0.2) is 67.1 Å². The maximum atomic E-state index is 4.63. The molecule has 1 aromatic carbocycles. The van der Waals surface area contributed by atoms with Crippen LogP contribution in [0.25, 0.3) is 28.0 Å². The van der Waals surface area contributed by atoms with Crippen molar-refractivity contribution in [2.45, 2.75) is 13.3 Å². The van der Waals surface area contributed by atoms with Gasteiger partial charge >= 0.3 is 0 Å². The van der Waals surface area contributed by atoms with Gasteiger partial charge in [0.15, 0.2) is 0 Å². The summed E-state index contributed by atoms with van der Waals surface area (Å²) in [7, 11) is 0. The van der Waals surface area contributed by atoms with E-state index in [0.717, 1.165) is 23.2 Å². The summed E-state index contributed by atoms with van der Waals surface area (Å²) in [5, 5.41) is 0. The van der Waals surface area contributed by atoms with Crippen molar-refractivity contribution in [2.75, 3.05) is 0 Å². The summed E-state index contributed by atoms with van der Waals surface area (Å²) < 4.78 is 0. The van der Waals surface area contributed by atoms with E-state index in [-0.39, 0.29) is 0 Å². The molecule has 22 heavy (non-hydrogen) atoms. The third-order valence-electron chi connectivity index (χ3n) is 4.23. The molecule has 0 spiro atoms. The van der Waals surface area contributed by atoms with Crippen molar-refractivity contribution >= 4 is 5.57 Å². The Balaban J connectivity index is 1.85. The summed E-state index contributed by atoms with van der Waals surface area (Å²) in [6.45, 7) is 2.18. The normalized spacial score (nSPS) is 12.9. The molecule has 106 valence electrons. The number of rotatable bonds is 2. The number of allylic oxidation sites excluding steroid dienone is 2. The van der Waals surface area contributed by atoms with E-state index >= 15 is 0 Å². The summed E-state index contributed by atoms with van der Waals surface area (Å²) in [4.78, 5) is 8.73. The fourth-order valence-electron chi connectivity index (χ4n) is 3.07. The summed E-state index contributed by atoms with van der Waals surface area (Å²) in [5.74, 6) is 0. The zero-order valence-corrected chi connectivity index (χ0v) is 12.5. The molecule has 3 aromatic rings. The van der Waals surface area contributed by atoms with Crippen molar-refractivity contribution < 1.29 is 0 Å². The van der Waals surface area contributed by atoms with Gasteiger partial charge in [0.2, 0.25) is 0 Å². The van der Waals surface area contributed by atoms with Crippen molar-refractivity contribution in [3.05, 3.63) is 78.3 Å². The largest absolute Gasteiger partial charge is 0.265 e. The highest BCUT2D eigenvalue weighted by molar-refractivity contribution is 5.82. The van der Waals surface area contributed by atoms with Gasteiger partial charge in [0.05, 0.1) is 5.69 Å². The van der Waals surface area contributed by atoms with Crippen LogP contribution in [0.2, 0.25) is 0 Å². The molecule has 2 aromatic heterocycles. The minimum Gasteiger partial charge on any atom is -0.265 e. The van der Waals surface area contributed by atoms with Crippen LogP contribution in [0, 0.1) is 0 Å². The molecule has 1 aliphatic carbocycles. The minimum absolute atomic E-state index is 1.02. The third-order valence-corrected chi connectivity index (χ3v) is 4.23. The molecule has 0 amide bonds. The molecule has 0 saturated heterocycles. The Morgan fingerprint density at radius 1 is 0.864 bits per heavy atom. The number of pyridine rings is 2. The Morgan fingerprint density at radius 3 is 2.59 bits per heavy atom. The van der Waals surface area contributed by atoms with E-state index < -0.39 is 0 Å². The quantitative estimate of drug-likeness (QED) is 0.677. The molecule has 0 fully saturated rings. The molecular formula is C20H16N2. The van der Waals surface area contributed by atoms with Crippen LogP contribution < -0.4 is 0 Å². The van der Waals surface area contributed by atoms with Crippen molar-refractivity contribution in [1.29, 1.82) is 0 Å². The fourth-order valence-corrected chi connectivity index (χ4v) is 3.07. The molecule has 0 bridgehead atoms. The van der Waals surface area contributed by atoms with Gasteiger partial charge in [-0.05, 0) is 59.9 Å². The van der Waals surface area contributed by atoms with Crippen LogP contribution in [0.1, 0.15) is 18.1 Å². The average Bonchev–Trinajstić information content (AvgIpc) is 2.96. The topological polar surface area (TPSA) is 25.8 Å². The lowest BCUT2D eigenvalue weighted by atomic mass is 9.96. The van der Waals surface area contributed by atoms with Crippen LogP contribution in [0.5, 0.6) is 0 Å². The van der Waals surface area contributed by atoms with Crippen molar-refractivity contribution in [1.82, 2.24) is 9.97 Å².